The summed E-state index contributed by atoms with van der Waals surface area (Å²) in [6.45, 7) is 2.14. The second kappa shape index (κ2) is 6.55. The summed E-state index contributed by atoms with van der Waals surface area (Å²) in [6, 6.07) is 7.49. The van der Waals surface area contributed by atoms with Crippen LogP contribution in [0.5, 0.6) is 5.75 Å². The van der Waals surface area contributed by atoms with Gasteiger partial charge in [0, 0.05) is 11.3 Å². The summed E-state index contributed by atoms with van der Waals surface area (Å²) in [5.41, 5.74) is 1.76. The average Bonchev–Trinajstić information content (AvgIpc) is 3.11. The SMILES string of the molecule is CCS(=O)c1nn2cc(-c3ccc(OCCO)cc3)nc2s1. The molecule has 0 spiro atoms. The van der Waals surface area contributed by atoms with Gasteiger partial charge in [-0.25, -0.2) is 9.50 Å². The molecule has 6 nitrogen and oxygen atoms in total. The third-order valence-corrected chi connectivity index (χ3v) is 5.51. The molecule has 0 bridgehead atoms. The first-order valence-corrected chi connectivity index (χ1v) is 8.93. The molecule has 3 rings (SSSR count). The zero-order valence-electron chi connectivity index (χ0n) is 11.9. The van der Waals surface area contributed by atoms with Gasteiger partial charge in [0.1, 0.15) is 12.4 Å². The third kappa shape index (κ3) is 3.03. The van der Waals surface area contributed by atoms with Crippen LogP contribution in [0.3, 0.4) is 0 Å². The molecule has 116 valence electrons. The predicted octanol–water partition coefficient (Wildman–Crippen LogP) is 1.96. The first-order chi connectivity index (χ1) is 10.7. The smallest absolute Gasteiger partial charge is 0.213 e. The Morgan fingerprint density at radius 3 is 2.77 bits per heavy atom. The molecule has 2 heterocycles. The van der Waals surface area contributed by atoms with Crippen LogP contribution in [-0.2, 0) is 10.8 Å². The topological polar surface area (TPSA) is 76.7 Å². The van der Waals surface area contributed by atoms with Gasteiger partial charge in [-0.15, -0.1) is 5.10 Å². The maximum absolute atomic E-state index is 11.7. The van der Waals surface area contributed by atoms with Gasteiger partial charge in [-0.05, 0) is 24.3 Å². The Balaban J connectivity index is 1.84. The minimum Gasteiger partial charge on any atom is -0.491 e. The highest BCUT2D eigenvalue weighted by atomic mass is 32.2. The first-order valence-electron chi connectivity index (χ1n) is 6.80. The van der Waals surface area contributed by atoms with Crippen molar-refractivity contribution in [2.45, 2.75) is 11.3 Å². The number of ether oxygens (including phenoxy) is 1. The van der Waals surface area contributed by atoms with E-state index in [1.54, 1.807) is 4.52 Å². The van der Waals surface area contributed by atoms with Crippen molar-refractivity contribution in [1.29, 1.82) is 0 Å². The van der Waals surface area contributed by atoms with Crippen LogP contribution in [0.25, 0.3) is 16.2 Å². The van der Waals surface area contributed by atoms with Crippen LogP contribution in [0.2, 0.25) is 0 Å². The standard InChI is InChI=1S/C14H15N3O3S2/c1-2-22(19)14-16-17-9-12(15-13(17)21-14)10-3-5-11(6-4-10)20-8-7-18/h3-6,9,18H,2,7-8H2,1H3. The Labute approximate surface area is 133 Å². The van der Waals surface area contributed by atoms with Crippen molar-refractivity contribution in [1.82, 2.24) is 14.6 Å². The van der Waals surface area contributed by atoms with Crippen molar-refractivity contribution in [3.05, 3.63) is 30.5 Å². The highest BCUT2D eigenvalue weighted by Gasteiger charge is 2.13. The van der Waals surface area contributed by atoms with Gasteiger partial charge in [0.15, 0.2) is 0 Å². The second-order valence-electron chi connectivity index (χ2n) is 4.45. The Bertz CT molecular complexity index is 764. The lowest BCUT2D eigenvalue weighted by atomic mass is 10.2. The summed E-state index contributed by atoms with van der Waals surface area (Å²) in [5, 5.41) is 13.0. The summed E-state index contributed by atoms with van der Waals surface area (Å²) < 4.78 is 19.3. The fourth-order valence-electron chi connectivity index (χ4n) is 1.92. The summed E-state index contributed by atoms with van der Waals surface area (Å²) in [6.07, 6.45) is 1.83. The number of imidazole rings is 1. The molecule has 1 N–H and O–H groups in total. The van der Waals surface area contributed by atoms with E-state index in [1.807, 2.05) is 37.4 Å². The lowest BCUT2D eigenvalue weighted by molar-refractivity contribution is 0.201. The van der Waals surface area contributed by atoms with Crippen LogP contribution in [-0.4, -0.2) is 42.9 Å². The third-order valence-electron chi connectivity index (χ3n) is 2.99. The molecule has 0 aliphatic heterocycles. The van der Waals surface area contributed by atoms with Crippen LogP contribution in [0, 0.1) is 0 Å². The second-order valence-corrected chi connectivity index (χ2v) is 7.32. The molecule has 0 saturated heterocycles. The number of nitrogens with zero attached hydrogens (tertiary/aromatic N) is 3. The number of rotatable bonds is 6. The molecule has 0 fully saturated rings. The van der Waals surface area contributed by atoms with E-state index in [0.717, 1.165) is 16.2 Å². The Morgan fingerprint density at radius 1 is 1.36 bits per heavy atom. The highest BCUT2D eigenvalue weighted by molar-refractivity contribution is 7.87. The van der Waals surface area contributed by atoms with Crippen molar-refractivity contribution >= 4 is 27.1 Å². The van der Waals surface area contributed by atoms with E-state index in [4.69, 9.17) is 9.84 Å². The van der Waals surface area contributed by atoms with Gasteiger partial charge in [0.2, 0.25) is 9.30 Å². The molecule has 2 aromatic heterocycles. The van der Waals surface area contributed by atoms with E-state index in [-0.39, 0.29) is 13.2 Å². The molecule has 1 atom stereocenters. The van der Waals surface area contributed by atoms with Crippen molar-refractivity contribution < 1.29 is 14.1 Å². The molecule has 8 heteroatoms. The largest absolute Gasteiger partial charge is 0.491 e. The van der Waals surface area contributed by atoms with Crippen LogP contribution in [0.4, 0.5) is 0 Å². The van der Waals surface area contributed by atoms with E-state index in [9.17, 15) is 4.21 Å². The Morgan fingerprint density at radius 2 is 2.14 bits per heavy atom. The summed E-state index contributed by atoms with van der Waals surface area (Å²) >= 11 is 1.35. The number of aromatic nitrogens is 3. The monoisotopic (exact) mass is 337 g/mol. The minimum absolute atomic E-state index is 0.00773. The summed E-state index contributed by atoms with van der Waals surface area (Å²) in [4.78, 5) is 5.24. The quantitative estimate of drug-likeness (QED) is 0.744. The highest BCUT2D eigenvalue weighted by Crippen LogP contribution is 2.25. The molecular weight excluding hydrogens is 322 g/mol. The first kappa shape index (κ1) is 15.1. The number of hydrogen-bond acceptors (Lipinski definition) is 6. The molecule has 0 amide bonds. The fourth-order valence-corrected chi connectivity index (χ4v) is 3.91. The van der Waals surface area contributed by atoms with Crippen LogP contribution < -0.4 is 4.74 Å². The zero-order valence-corrected chi connectivity index (χ0v) is 13.6. The number of aliphatic hydroxyl groups is 1. The van der Waals surface area contributed by atoms with Gasteiger partial charge in [0.25, 0.3) is 0 Å². The normalized spacial score (nSPS) is 12.6. The number of hydrogen-bond donors (Lipinski definition) is 1. The number of benzene rings is 1. The van der Waals surface area contributed by atoms with Crippen molar-refractivity contribution in [2.75, 3.05) is 19.0 Å². The van der Waals surface area contributed by atoms with Gasteiger partial charge < -0.3 is 9.84 Å². The van der Waals surface area contributed by atoms with E-state index in [2.05, 4.69) is 10.1 Å². The van der Waals surface area contributed by atoms with Gasteiger partial charge in [-0.2, -0.15) is 0 Å². The van der Waals surface area contributed by atoms with Gasteiger partial charge in [-0.1, -0.05) is 18.3 Å². The predicted molar refractivity (Wildman–Crippen MR) is 85.8 cm³/mol. The van der Waals surface area contributed by atoms with E-state index >= 15 is 0 Å². The van der Waals surface area contributed by atoms with E-state index in [0.29, 0.717) is 15.8 Å². The van der Waals surface area contributed by atoms with Crippen molar-refractivity contribution in [3.8, 4) is 17.0 Å². The maximum atomic E-state index is 11.7. The maximum Gasteiger partial charge on any atom is 0.213 e. The van der Waals surface area contributed by atoms with E-state index in [1.165, 1.54) is 11.3 Å². The van der Waals surface area contributed by atoms with Crippen LogP contribution in [0.1, 0.15) is 6.92 Å². The average molecular weight is 337 g/mol. The van der Waals surface area contributed by atoms with Crippen LogP contribution >= 0.6 is 11.3 Å². The van der Waals surface area contributed by atoms with Crippen molar-refractivity contribution in [3.63, 3.8) is 0 Å². The Hall–Kier alpha value is -1.77. The lowest BCUT2D eigenvalue weighted by Gasteiger charge is -2.04. The molecule has 22 heavy (non-hydrogen) atoms. The molecule has 3 aromatic rings. The molecule has 0 radical (unpaired) electrons. The lowest BCUT2D eigenvalue weighted by Crippen LogP contribution is -2.01. The number of aliphatic hydroxyl groups excluding tert-OH is 1. The van der Waals surface area contributed by atoms with Crippen LogP contribution in [0.15, 0.2) is 34.8 Å². The van der Waals surface area contributed by atoms with E-state index < -0.39 is 10.8 Å². The van der Waals surface area contributed by atoms with Gasteiger partial charge in [0.05, 0.1) is 29.3 Å². The number of fused-ring (bicyclic) bond motifs is 1. The molecule has 0 aliphatic carbocycles. The minimum atomic E-state index is -1.05. The molecule has 0 aliphatic rings. The molecule has 1 unspecified atom stereocenters. The molecular formula is C14H15N3O3S2. The van der Waals surface area contributed by atoms with Crippen molar-refractivity contribution in [2.24, 2.45) is 0 Å². The van der Waals surface area contributed by atoms with Gasteiger partial charge >= 0.3 is 0 Å². The summed E-state index contributed by atoms with van der Waals surface area (Å²) in [5.74, 6) is 1.26. The summed E-state index contributed by atoms with van der Waals surface area (Å²) in [7, 11) is -1.05. The molecule has 0 saturated carbocycles. The van der Waals surface area contributed by atoms with Gasteiger partial charge in [-0.3, -0.25) is 4.21 Å². The Kier molecular flexibility index (Phi) is 4.51. The molecule has 1 aromatic carbocycles. The zero-order chi connectivity index (χ0) is 15.5. The fraction of sp³-hybridized carbons (Fsp3) is 0.286.